The fourth-order valence-electron chi connectivity index (χ4n) is 3.02. The molecular weight excluding hydrogens is 349 g/mol. The molecule has 3 aromatic rings. The number of aromatic nitrogens is 2. The predicted octanol–water partition coefficient (Wildman–Crippen LogP) is 4.04. The van der Waals surface area contributed by atoms with Gasteiger partial charge < -0.3 is 9.80 Å². The van der Waals surface area contributed by atoms with Crippen LogP contribution in [0.3, 0.4) is 0 Å². The molecule has 1 aliphatic heterocycles. The monoisotopic (exact) mass is 364 g/mol. The molecule has 0 N–H and O–H groups in total. The number of thiophene rings is 1. The Balaban J connectivity index is 1.47. The minimum atomic E-state index is -4.35. The zero-order chi connectivity index (χ0) is 17.4. The van der Waals surface area contributed by atoms with Crippen molar-refractivity contribution in [2.75, 3.05) is 36.0 Å². The van der Waals surface area contributed by atoms with Crippen molar-refractivity contribution in [3.8, 4) is 0 Å². The van der Waals surface area contributed by atoms with Crippen LogP contribution in [0.2, 0.25) is 0 Å². The van der Waals surface area contributed by atoms with E-state index in [4.69, 9.17) is 0 Å². The van der Waals surface area contributed by atoms with Crippen LogP contribution in [0.4, 0.5) is 24.8 Å². The Labute approximate surface area is 146 Å². The number of hydrogen-bond donors (Lipinski definition) is 0. The van der Waals surface area contributed by atoms with E-state index in [9.17, 15) is 13.2 Å². The highest BCUT2D eigenvalue weighted by molar-refractivity contribution is 7.17. The van der Waals surface area contributed by atoms with Gasteiger partial charge in [0.1, 0.15) is 11.6 Å². The van der Waals surface area contributed by atoms with Crippen molar-refractivity contribution < 1.29 is 13.2 Å². The molecule has 4 rings (SSSR count). The van der Waals surface area contributed by atoms with Gasteiger partial charge in [0, 0.05) is 48.7 Å². The van der Waals surface area contributed by atoms with Gasteiger partial charge >= 0.3 is 6.18 Å². The molecule has 8 heteroatoms. The van der Waals surface area contributed by atoms with Gasteiger partial charge in [0.15, 0.2) is 0 Å². The molecule has 1 fully saturated rings. The Bertz CT molecular complexity index is 867. The van der Waals surface area contributed by atoms with Crippen molar-refractivity contribution in [3.63, 3.8) is 0 Å². The molecule has 25 heavy (non-hydrogen) atoms. The third-order valence-electron chi connectivity index (χ3n) is 4.34. The molecule has 0 amide bonds. The number of rotatable bonds is 2. The van der Waals surface area contributed by atoms with Crippen LogP contribution in [0.25, 0.3) is 10.1 Å². The number of halogens is 3. The molecule has 1 aliphatic rings. The topological polar surface area (TPSA) is 32.3 Å². The van der Waals surface area contributed by atoms with Crippen LogP contribution in [-0.4, -0.2) is 36.1 Å². The standard InChI is InChI=1S/C17H15F3N4S/c18-17(19,20)12-1-2-15(22-11-12)23-6-8-24(9-7-23)16-13-4-10-25-14(13)3-5-21-16/h1-5,10-11H,6-9H2. The summed E-state index contributed by atoms with van der Waals surface area (Å²) >= 11 is 1.69. The quantitative estimate of drug-likeness (QED) is 0.687. The molecule has 0 saturated carbocycles. The third kappa shape index (κ3) is 3.13. The highest BCUT2D eigenvalue weighted by Gasteiger charge is 2.31. The fourth-order valence-corrected chi connectivity index (χ4v) is 3.80. The number of pyridine rings is 2. The van der Waals surface area contributed by atoms with Gasteiger partial charge in [0.05, 0.1) is 5.56 Å². The van der Waals surface area contributed by atoms with E-state index in [1.54, 1.807) is 11.3 Å². The first-order valence-electron chi connectivity index (χ1n) is 7.88. The van der Waals surface area contributed by atoms with Crippen molar-refractivity contribution in [2.24, 2.45) is 0 Å². The average molecular weight is 364 g/mol. The molecule has 130 valence electrons. The van der Waals surface area contributed by atoms with Crippen LogP contribution in [0.5, 0.6) is 0 Å². The summed E-state index contributed by atoms with van der Waals surface area (Å²) in [6, 6.07) is 6.61. The second-order valence-corrected chi connectivity index (χ2v) is 6.79. The van der Waals surface area contributed by atoms with Gasteiger partial charge in [0.2, 0.25) is 0 Å². The van der Waals surface area contributed by atoms with Gasteiger partial charge in [-0.1, -0.05) is 0 Å². The molecule has 4 heterocycles. The summed E-state index contributed by atoms with van der Waals surface area (Å²) in [6.45, 7) is 2.90. The van der Waals surface area contributed by atoms with Crippen LogP contribution in [0, 0.1) is 0 Å². The van der Waals surface area contributed by atoms with Crippen LogP contribution in [0.15, 0.2) is 42.0 Å². The predicted molar refractivity (Wildman–Crippen MR) is 93.3 cm³/mol. The van der Waals surface area contributed by atoms with Gasteiger partial charge in [0.25, 0.3) is 0 Å². The molecule has 0 spiro atoms. The van der Waals surface area contributed by atoms with Gasteiger partial charge in [-0.05, 0) is 29.6 Å². The first-order chi connectivity index (χ1) is 12.0. The van der Waals surface area contributed by atoms with E-state index in [1.165, 1.54) is 10.8 Å². The van der Waals surface area contributed by atoms with E-state index in [0.29, 0.717) is 18.9 Å². The minimum absolute atomic E-state index is 0.578. The Kier molecular flexibility index (Phi) is 3.99. The zero-order valence-corrected chi connectivity index (χ0v) is 14.0. The highest BCUT2D eigenvalue weighted by atomic mass is 32.1. The molecular formula is C17H15F3N4S. The van der Waals surface area contributed by atoms with Crippen molar-refractivity contribution in [2.45, 2.75) is 6.18 Å². The third-order valence-corrected chi connectivity index (χ3v) is 5.22. The highest BCUT2D eigenvalue weighted by Crippen LogP contribution is 2.31. The van der Waals surface area contributed by atoms with Gasteiger partial charge in [-0.15, -0.1) is 11.3 Å². The Morgan fingerprint density at radius 2 is 1.68 bits per heavy atom. The summed E-state index contributed by atoms with van der Waals surface area (Å²) in [5.41, 5.74) is -0.719. The minimum Gasteiger partial charge on any atom is -0.353 e. The fraction of sp³-hybridized carbons (Fsp3) is 0.294. The molecule has 0 atom stereocenters. The maximum atomic E-state index is 12.6. The number of alkyl halides is 3. The average Bonchev–Trinajstić information content (AvgIpc) is 3.10. The molecule has 1 saturated heterocycles. The zero-order valence-electron chi connectivity index (χ0n) is 13.2. The van der Waals surface area contributed by atoms with Crippen molar-refractivity contribution in [1.82, 2.24) is 9.97 Å². The maximum Gasteiger partial charge on any atom is 0.417 e. The summed E-state index contributed by atoms with van der Waals surface area (Å²) in [5.74, 6) is 1.55. The summed E-state index contributed by atoms with van der Waals surface area (Å²) in [5, 5.41) is 3.20. The number of anilines is 2. The summed E-state index contributed by atoms with van der Waals surface area (Å²) in [7, 11) is 0. The Morgan fingerprint density at radius 1 is 0.920 bits per heavy atom. The molecule has 0 radical (unpaired) electrons. The number of piperazine rings is 1. The first kappa shape index (κ1) is 16.1. The molecule has 4 nitrogen and oxygen atoms in total. The van der Waals surface area contributed by atoms with Gasteiger partial charge in [-0.2, -0.15) is 13.2 Å². The second kappa shape index (κ2) is 6.18. The largest absolute Gasteiger partial charge is 0.417 e. The second-order valence-electron chi connectivity index (χ2n) is 5.84. The Hall–Kier alpha value is -2.35. The van der Waals surface area contributed by atoms with E-state index in [2.05, 4.69) is 26.3 Å². The van der Waals surface area contributed by atoms with Crippen LogP contribution >= 0.6 is 11.3 Å². The van der Waals surface area contributed by atoms with Crippen LogP contribution in [0.1, 0.15) is 5.56 Å². The summed E-state index contributed by atoms with van der Waals surface area (Å²) < 4.78 is 39.1. The summed E-state index contributed by atoms with van der Waals surface area (Å²) in [4.78, 5) is 12.7. The lowest BCUT2D eigenvalue weighted by Gasteiger charge is -2.36. The van der Waals surface area contributed by atoms with E-state index in [1.807, 2.05) is 17.2 Å². The maximum absolute atomic E-state index is 12.6. The molecule has 0 unspecified atom stereocenters. The van der Waals surface area contributed by atoms with Gasteiger partial charge in [-0.3, -0.25) is 0 Å². The number of nitrogens with zero attached hydrogens (tertiary/aromatic N) is 4. The van der Waals surface area contributed by atoms with E-state index in [-0.39, 0.29) is 0 Å². The smallest absolute Gasteiger partial charge is 0.353 e. The van der Waals surface area contributed by atoms with Crippen LogP contribution < -0.4 is 9.80 Å². The first-order valence-corrected chi connectivity index (χ1v) is 8.76. The molecule has 0 bridgehead atoms. The normalized spacial score (nSPS) is 15.8. The number of fused-ring (bicyclic) bond motifs is 1. The van der Waals surface area contributed by atoms with Crippen molar-refractivity contribution in [3.05, 3.63) is 47.6 Å². The molecule has 0 aliphatic carbocycles. The lowest BCUT2D eigenvalue weighted by Crippen LogP contribution is -2.47. The lowest BCUT2D eigenvalue weighted by atomic mass is 10.2. The lowest BCUT2D eigenvalue weighted by molar-refractivity contribution is -0.137. The summed E-state index contributed by atoms with van der Waals surface area (Å²) in [6.07, 6.45) is -1.64. The SMILES string of the molecule is FC(F)(F)c1ccc(N2CCN(c3nccc4sccc34)CC2)nc1. The molecule has 0 aromatic carbocycles. The van der Waals surface area contributed by atoms with Crippen molar-refractivity contribution in [1.29, 1.82) is 0 Å². The van der Waals surface area contributed by atoms with Crippen LogP contribution in [-0.2, 0) is 6.18 Å². The van der Waals surface area contributed by atoms with E-state index >= 15 is 0 Å². The van der Waals surface area contributed by atoms with Crippen molar-refractivity contribution >= 4 is 33.1 Å². The Morgan fingerprint density at radius 3 is 2.36 bits per heavy atom. The molecule has 3 aromatic heterocycles. The van der Waals surface area contributed by atoms with Gasteiger partial charge in [-0.25, -0.2) is 9.97 Å². The number of hydrogen-bond acceptors (Lipinski definition) is 5. The van der Waals surface area contributed by atoms with E-state index < -0.39 is 11.7 Å². The van der Waals surface area contributed by atoms with E-state index in [0.717, 1.165) is 36.6 Å².